The first kappa shape index (κ1) is 21.0. The molecule has 2 heterocycles. The van der Waals surface area contributed by atoms with Crippen molar-refractivity contribution in [2.24, 2.45) is 0 Å². The van der Waals surface area contributed by atoms with Crippen molar-refractivity contribution in [3.63, 3.8) is 0 Å². The Morgan fingerprint density at radius 2 is 1.71 bits per heavy atom. The molecule has 0 bridgehead atoms. The summed E-state index contributed by atoms with van der Waals surface area (Å²) in [5.74, 6) is 0.598. The van der Waals surface area contributed by atoms with Crippen LogP contribution in [0.3, 0.4) is 0 Å². The fourth-order valence-electron chi connectivity index (χ4n) is 3.45. The summed E-state index contributed by atoms with van der Waals surface area (Å²) in [6.45, 7) is 5.20. The van der Waals surface area contributed by atoms with Crippen molar-refractivity contribution in [2.45, 2.75) is 6.42 Å². The van der Waals surface area contributed by atoms with Gasteiger partial charge in [-0.25, -0.2) is 0 Å². The molecule has 0 aliphatic carbocycles. The number of hydrogen-bond donors (Lipinski definition) is 2. The topological polar surface area (TPSA) is 79.4 Å². The number of ether oxygens (including phenoxy) is 1. The SMILES string of the molecule is O=C(NCCCN1CCOCC1)c1ccc(Nc2ccc(-c3ccccc3)nn2)cc1. The molecule has 1 aliphatic rings. The van der Waals surface area contributed by atoms with E-state index in [4.69, 9.17) is 4.74 Å². The number of hydrogen-bond acceptors (Lipinski definition) is 6. The van der Waals surface area contributed by atoms with E-state index in [9.17, 15) is 4.79 Å². The second-order valence-electron chi connectivity index (χ2n) is 7.44. The fourth-order valence-corrected chi connectivity index (χ4v) is 3.45. The molecule has 0 unspecified atom stereocenters. The largest absolute Gasteiger partial charge is 0.379 e. The van der Waals surface area contributed by atoms with Gasteiger partial charge in [0.15, 0.2) is 5.82 Å². The molecule has 1 saturated heterocycles. The molecule has 0 spiro atoms. The molecule has 7 nitrogen and oxygen atoms in total. The van der Waals surface area contributed by atoms with E-state index in [2.05, 4.69) is 25.7 Å². The van der Waals surface area contributed by atoms with E-state index in [1.807, 2.05) is 66.7 Å². The van der Waals surface area contributed by atoms with Crippen molar-refractivity contribution < 1.29 is 9.53 Å². The molecule has 1 amide bonds. The van der Waals surface area contributed by atoms with Crippen LogP contribution in [0.15, 0.2) is 66.7 Å². The van der Waals surface area contributed by atoms with Crippen molar-refractivity contribution in [2.75, 3.05) is 44.7 Å². The smallest absolute Gasteiger partial charge is 0.251 e. The van der Waals surface area contributed by atoms with E-state index in [0.29, 0.717) is 17.9 Å². The predicted molar refractivity (Wildman–Crippen MR) is 121 cm³/mol. The molecular formula is C24H27N5O2. The van der Waals surface area contributed by atoms with E-state index >= 15 is 0 Å². The van der Waals surface area contributed by atoms with Gasteiger partial charge in [0.1, 0.15) is 0 Å². The lowest BCUT2D eigenvalue weighted by molar-refractivity contribution is 0.0374. The highest BCUT2D eigenvalue weighted by Crippen LogP contribution is 2.19. The number of nitrogens with zero attached hydrogens (tertiary/aromatic N) is 3. The maximum absolute atomic E-state index is 12.4. The van der Waals surface area contributed by atoms with Crippen molar-refractivity contribution in [3.05, 3.63) is 72.3 Å². The lowest BCUT2D eigenvalue weighted by Gasteiger charge is -2.26. The van der Waals surface area contributed by atoms with Gasteiger partial charge in [-0.1, -0.05) is 30.3 Å². The molecule has 7 heteroatoms. The Morgan fingerprint density at radius 1 is 0.935 bits per heavy atom. The minimum atomic E-state index is -0.0551. The van der Waals surface area contributed by atoms with Crippen LogP contribution < -0.4 is 10.6 Å². The van der Waals surface area contributed by atoms with Crippen LogP contribution >= 0.6 is 0 Å². The normalized spacial score (nSPS) is 14.2. The van der Waals surface area contributed by atoms with E-state index in [0.717, 1.165) is 56.2 Å². The van der Waals surface area contributed by atoms with Gasteiger partial charge < -0.3 is 15.4 Å². The van der Waals surface area contributed by atoms with Crippen LogP contribution in [-0.2, 0) is 4.74 Å². The Kier molecular flexibility index (Phi) is 7.20. The van der Waals surface area contributed by atoms with Crippen LogP contribution in [0.1, 0.15) is 16.8 Å². The Morgan fingerprint density at radius 3 is 2.42 bits per heavy atom. The number of benzene rings is 2. The average molecular weight is 418 g/mol. The zero-order valence-electron chi connectivity index (χ0n) is 17.5. The Labute approximate surface area is 182 Å². The Hall–Kier alpha value is -3.29. The maximum Gasteiger partial charge on any atom is 0.251 e. The summed E-state index contributed by atoms with van der Waals surface area (Å²) in [7, 11) is 0. The van der Waals surface area contributed by atoms with Gasteiger partial charge >= 0.3 is 0 Å². The van der Waals surface area contributed by atoms with Crippen LogP contribution in [0, 0.1) is 0 Å². The maximum atomic E-state index is 12.4. The Bertz CT molecular complexity index is 956. The number of nitrogens with one attached hydrogen (secondary N) is 2. The molecule has 2 N–H and O–H groups in total. The van der Waals surface area contributed by atoms with E-state index in [1.165, 1.54) is 0 Å². The van der Waals surface area contributed by atoms with Gasteiger partial charge in [0.2, 0.25) is 0 Å². The Balaban J connectivity index is 1.24. The molecule has 1 aromatic heterocycles. The molecular weight excluding hydrogens is 390 g/mol. The summed E-state index contributed by atoms with van der Waals surface area (Å²) in [5, 5.41) is 14.7. The third-order valence-corrected chi connectivity index (χ3v) is 5.19. The average Bonchev–Trinajstić information content (AvgIpc) is 2.84. The van der Waals surface area contributed by atoms with Crippen LogP contribution in [0.4, 0.5) is 11.5 Å². The van der Waals surface area contributed by atoms with Crippen LogP contribution in [0.5, 0.6) is 0 Å². The number of carbonyl (C=O) groups is 1. The van der Waals surface area contributed by atoms with Gasteiger partial charge in [-0.3, -0.25) is 9.69 Å². The van der Waals surface area contributed by atoms with Gasteiger partial charge in [0, 0.05) is 36.4 Å². The van der Waals surface area contributed by atoms with E-state index in [-0.39, 0.29) is 5.91 Å². The summed E-state index contributed by atoms with van der Waals surface area (Å²) in [6.07, 6.45) is 0.934. The summed E-state index contributed by atoms with van der Waals surface area (Å²) in [4.78, 5) is 14.7. The number of rotatable bonds is 8. The molecule has 3 aromatic rings. The number of aromatic nitrogens is 2. The lowest BCUT2D eigenvalue weighted by Crippen LogP contribution is -2.38. The molecule has 1 aliphatic heterocycles. The quantitative estimate of drug-likeness (QED) is 0.548. The molecule has 1 fully saturated rings. The molecule has 0 saturated carbocycles. The number of anilines is 2. The van der Waals surface area contributed by atoms with Gasteiger partial charge in [-0.2, -0.15) is 0 Å². The minimum absolute atomic E-state index is 0.0551. The minimum Gasteiger partial charge on any atom is -0.379 e. The monoisotopic (exact) mass is 417 g/mol. The number of carbonyl (C=O) groups excluding carboxylic acids is 1. The van der Waals surface area contributed by atoms with Crippen molar-refractivity contribution in [3.8, 4) is 11.3 Å². The highest BCUT2D eigenvalue weighted by molar-refractivity contribution is 5.94. The third kappa shape index (κ3) is 6.10. The summed E-state index contributed by atoms with van der Waals surface area (Å²) >= 11 is 0. The zero-order valence-corrected chi connectivity index (χ0v) is 17.5. The number of amides is 1. The van der Waals surface area contributed by atoms with Gasteiger partial charge in [-0.05, 0) is 49.4 Å². The molecule has 2 aromatic carbocycles. The molecule has 4 rings (SSSR count). The van der Waals surface area contributed by atoms with Crippen LogP contribution in [0.25, 0.3) is 11.3 Å². The van der Waals surface area contributed by atoms with Crippen molar-refractivity contribution >= 4 is 17.4 Å². The van der Waals surface area contributed by atoms with Gasteiger partial charge in [0.25, 0.3) is 5.91 Å². The molecule has 0 radical (unpaired) electrons. The van der Waals surface area contributed by atoms with Gasteiger partial charge in [-0.15, -0.1) is 10.2 Å². The standard InChI is InChI=1S/C24H27N5O2/c30-24(25-13-4-14-29-15-17-31-18-16-29)20-7-9-21(10-8-20)26-23-12-11-22(27-28-23)19-5-2-1-3-6-19/h1-3,5-12H,4,13-18H2,(H,25,30)(H,26,28). The van der Waals surface area contributed by atoms with Crippen LogP contribution in [0.2, 0.25) is 0 Å². The zero-order chi connectivity index (χ0) is 21.3. The highest BCUT2D eigenvalue weighted by atomic mass is 16.5. The summed E-state index contributed by atoms with van der Waals surface area (Å²) in [5.41, 5.74) is 3.35. The third-order valence-electron chi connectivity index (χ3n) is 5.19. The van der Waals surface area contributed by atoms with E-state index < -0.39 is 0 Å². The van der Waals surface area contributed by atoms with Crippen LogP contribution in [-0.4, -0.2) is 60.4 Å². The molecule has 160 valence electrons. The first-order chi connectivity index (χ1) is 15.3. The van der Waals surface area contributed by atoms with Crippen molar-refractivity contribution in [1.82, 2.24) is 20.4 Å². The van der Waals surface area contributed by atoms with Crippen molar-refractivity contribution in [1.29, 1.82) is 0 Å². The molecule has 31 heavy (non-hydrogen) atoms. The second kappa shape index (κ2) is 10.7. The summed E-state index contributed by atoms with van der Waals surface area (Å²) in [6, 6.07) is 21.1. The summed E-state index contributed by atoms with van der Waals surface area (Å²) < 4.78 is 5.35. The number of morpholine rings is 1. The lowest BCUT2D eigenvalue weighted by atomic mass is 10.1. The first-order valence-electron chi connectivity index (χ1n) is 10.6. The fraction of sp³-hybridized carbons (Fsp3) is 0.292. The highest BCUT2D eigenvalue weighted by Gasteiger charge is 2.10. The van der Waals surface area contributed by atoms with Gasteiger partial charge in [0.05, 0.1) is 18.9 Å². The predicted octanol–water partition coefficient (Wildman–Crippen LogP) is 3.34. The van der Waals surface area contributed by atoms with E-state index in [1.54, 1.807) is 0 Å². The first-order valence-corrected chi connectivity index (χ1v) is 10.6. The second-order valence-corrected chi connectivity index (χ2v) is 7.44. The molecule has 0 atom stereocenters.